The average molecular weight is 297 g/mol. The Morgan fingerprint density at radius 1 is 1.27 bits per heavy atom. The van der Waals surface area contributed by atoms with Crippen molar-refractivity contribution in [1.82, 2.24) is 15.1 Å². The third-order valence-corrected chi connectivity index (χ3v) is 3.44. The van der Waals surface area contributed by atoms with E-state index in [-0.39, 0.29) is 17.0 Å². The first kappa shape index (κ1) is 15.7. The van der Waals surface area contributed by atoms with Gasteiger partial charge < -0.3 is 5.32 Å². The largest absolute Gasteiger partial charge is 0.348 e. The number of nitrogens with zero attached hydrogens (tertiary/aromatic N) is 2. The molecule has 0 spiro atoms. The maximum Gasteiger partial charge on any atom is 0.279 e. The molecule has 0 unspecified atom stereocenters. The summed E-state index contributed by atoms with van der Waals surface area (Å²) in [7, 11) is 1.54. The van der Waals surface area contributed by atoms with Gasteiger partial charge in [0.1, 0.15) is 5.56 Å². The van der Waals surface area contributed by atoms with Crippen molar-refractivity contribution < 1.29 is 4.79 Å². The Bertz CT molecular complexity index is 761. The monoisotopic (exact) mass is 297 g/mol. The fraction of sp³-hybridized carbons (Fsp3) is 0.235. The molecule has 0 bridgehead atoms. The van der Waals surface area contributed by atoms with E-state index < -0.39 is 0 Å². The van der Waals surface area contributed by atoms with Crippen LogP contribution in [0, 0.1) is 13.8 Å². The van der Waals surface area contributed by atoms with Crippen LogP contribution >= 0.6 is 0 Å². The van der Waals surface area contributed by atoms with E-state index in [0.29, 0.717) is 17.8 Å². The summed E-state index contributed by atoms with van der Waals surface area (Å²) in [5.41, 5.74) is 2.12. The number of amides is 1. The van der Waals surface area contributed by atoms with Gasteiger partial charge in [0.05, 0.1) is 5.69 Å². The van der Waals surface area contributed by atoms with Crippen LogP contribution in [0.5, 0.6) is 0 Å². The first-order valence-electron chi connectivity index (χ1n) is 7.05. The predicted octanol–water partition coefficient (Wildman–Crippen LogP) is 1.84. The number of carbonyl (C=O) groups is 1. The molecule has 5 heteroatoms. The number of carbonyl (C=O) groups excluding carboxylic acids is 1. The molecular formula is C17H19N3O2. The zero-order chi connectivity index (χ0) is 16.1. The van der Waals surface area contributed by atoms with Gasteiger partial charge in [-0.1, -0.05) is 42.5 Å². The first-order valence-corrected chi connectivity index (χ1v) is 7.05. The molecule has 1 heterocycles. The molecule has 0 aliphatic carbocycles. The normalized spacial score (nSPS) is 10.9. The van der Waals surface area contributed by atoms with Crippen molar-refractivity contribution in [2.45, 2.75) is 13.8 Å². The summed E-state index contributed by atoms with van der Waals surface area (Å²) in [6.45, 7) is 3.87. The van der Waals surface area contributed by atoms with E-state index in [1.807, 2.05) is 42.5 Å². The second-order valence-electron chi connectivity index (χ2n) is 5.04. The van der Waals surface area contributed by atoms with Gasteiger partial charge in [0.25, 0.3) is 11.5 Å². The molecule has 0 aliphatic rings. The summed E-state index contributed by atoms with van der Waals surface area (Å²) in [5.74, 6) is -0.374. The molecule has 0 radical (unpaired) electrons. The van der Waals surface area contributed by atoms with E-state index >= 15 is 0 Å². The zero-order valence-electron chi connectivity index (χ0n) is 13.0. The maximum absolute atomic E-state index is 12.2. The van der Waals surface area contributed by atoms with Crippen LogP contribution in [0.3, 0.4) is 0 Å². The standard InChI is InChI=1S/C17H19N3O2/c1-12-13(2)19-20(3)17(22)15(12)16(21)18-11-7-10-14-8-5-4-6-9-14/h4-10H,11H2,1-3H3,(H,18,21)/b10-7-. The molecule has 1 N–H and O–H groups in total. The Balaban J connectivity index is 2.08. The summed E-state index contributed by atoms with van der Waals surface area (Å²) < 4.78 is 1.19. The van der Waals surface area contributed by atoms with E-state index in [2.05, 4.69) is 10.4 Å². The fourth-order valence-electron chi connectivity index (χ4n) is 2.12. The van der Waals surface area contributed by atoms with Gasteiger partial charge in [0, 0.05) is 13.6 Å². The van der Waals surface area contributed by atoms with Crippen LogP contribution in [0.25, 0.3) is 6.08 Å². The molecule has 1 amide bonds. The molecule has 2 aromatic rings. The Morgan fingerprint density at radius 2 is 1.95 bits per heavy atom. The van der Waals surface area contributed by atoms with Crippen molar-refractivity contribution in [3.05, 3.63) is 69.1 Å². The van der Waals surface area contributed by atoms with Crippen molar-refractivity contribution in [1.29, 1.82) is 0 Å². The van der Waals surface area contributed by atoms with Crippen LogP contribution in [-0.2, 0) is 7.05 Å². The number of benzene rings is 1. The van der Waals surface area contributed by atoms with Crippen LogP contribution < -0.4 is 10.9 Å². The molecule has 1 aromatic heterocycles. The third-order valence-electron chi connectivity index (χ3n) is 3.44. The zero-order valence-corrected chi connectivity index (χ0v) is 13.0. The van der Waals surface area contributed by atoms with E-state index in [1.54, 1.807) is 20.9 Å². The number of rotatable bonds is 4. The Labute approximate surface area is 129 Å². The molecule has 0 saturated carbocycles. The van der Waals surface area contributed by atoms with Crippen molar-refractivity contribution in [2.24, 2.45) is 7.05 Å². The topological polar surface area (TPSA) is 64.0 Å². The van der Waals surface area contributed by atoms with Gasteiger partial charge >= 0.3 is 0 Å². The highest BCUT2D eigenvalue weighted by Crippen LogP contribution is 2.05. The molecule has 0 aliphatic heterocycles. The van der Waals surface area contributed by atoms with Crippen molar-refractivity contribution in [2.75, 3.05) is 6.54 Å². The van der Waals surface area contributed by atoms with Gasteiger partial charge in [0.15, 0.2) is 0 Å². The number of hydrogen-bond acceptors (Lipinski definition) is 3. The van der Waals surface area contributed by atoms with Crippen LogP contribution in [0.4, 0.5) is 0 Å². The quantitative estimate of drug-likeness (QED) is 0.936. The second kappa shape index (κ2) is 6.85. The number of aryl methyl sites for hydroxylation is 2. The minimum absolute atomic E-state index is 0.156. The molecule has 0 saturated heterocycles. The highest BCUT2D eigenvalue weighted by Gasteiger charge is 2.16. The maximum atomic E-state index is 12.2. The van der Waals surface area contributed by atoms with Gasteiger partial charge in [-0.2, -0.15) is 5.10 Å². The summed E-state index contributed by atoms with van der Waals surface area (Å²) in [4.78, 5) is 24.3. The molecule has 5 nitrogen and oxygen atoms in total. The van der Waals surface area contributed by atoms with Crippen LogP contribution in [0.1, 0.15) is 27.2 Å². The summed E-state index contributed by atoms with van der Waals surface area (Å²) in [6, 6.07) is 9.80. The van der Waals surface area contributed by atoms with E-state index in [4.69, 9.17) is 0 Å². The number of aromatic nitrogens is 2. The molecule has 2 rings (SSSR count). The van der Waals surface area contributed by atoms with Gasteiger partial charge in [-0.15, -0.1) is 0 Å². The highest BCUT2D eigenvalue weighted by atomic mass is 16.2. The minimum atomic E-state index is -0.382. The Kier molecular flexibility index (Phi) is 4.88. The Morgan fingerprint density at radius 3 is 2.64 bits per heavy atom. The molecule has 1 aromatic carbocycles. The van der Waals surface area contributed by atoms with Crippen molar-refractivity contribution in [3.63, 3.8) is 0 Å². The Hall–Kier alpha value is -2.69. The van der Waals surface area contributed by atoms with E-state index in [9.17, 15) is 9.59 Å². The molecular weight excluding hydrogens is 278 g/mol. The van der Waals surface area contributed by atoms with E-state index in [0.717, 1.165) is 5.56 Å². The van der Waals surface area contributed by atoms with Crippen LogP contribution in [0.15, 0.2) is 41.2 Å². The minimum Gasteiger partial charge on any atom is -0.348 e. The molecule has 114 valence electrons. The molecule has 0 fully saturated rings. The second-order valence-corrected chi connectivity index (χ2v) is 5.04. The van der Waals surface area contributed by atoms with Gasteiger partial charge in [-0.05, 0) is 25.0 Å². The molecule has 22 heavy (non-hydrogen) atoms. The van der Waals surface area contributed by atoms with Gasteiger partial charge in [0.2, 0.25) is 0 Å². The number of nitrogens with one attached hydrogen (secondary N) is 1. The van der Waals surface area contributed by atoms with Crippen LogP contribution in [-0.4, -0.2) is 22.2 Å². The summed E-state index contributed by atoms with van der Waals surface area (Å²) in [5, 5.41) is 6.80. The highest BCUT2D eigenvalue weighted by molar-refractivity contribution is 5.95. The summed E-state index contributed by atoms with van der Waals surface area (Å²) in [6.07, 6.45) is 3.77. The molecule has 0 atom stereocenters. The lowest BCUT2D eigenvalue weighted by atomic mass is 10.1. The van der Waals surface area contributed by atoms with E-state index in [1.165, 1.54) is 4.68 Å². The third kappa shape index (κ3) is 3.49. The van der Waals surface area contributed by atoms with Crippen LogP contribution in [0.2, 0.25) is 0 Å². The van der Waals surface area contributed by atoms with Crippen molar-refractivity contribution >= 4 is 12.0 Å². The predicted molar refractivity (Wildman–Crippen MR) is 86.8 cm³/mol. The van der Waals surface area contributed by atoms with Crippen molar-refractivity contribution in [3.8, 4) is 0 Å². The summed E-state index contributed by atoms with van der Waals surface area (Å²) >= 11 is 0. The lowest BCUT2D eigenvalue weighted by molar-refractivity contribution is 0.0955. The number of hydrogen-bond donors (Lipinski definition) is 1. The van der Waals surface area contributed by atoms with Gasteiger partial charge in [-0.3, -0.25) is 9.59 Å². The lowest BCUT2D eigenvalue weighted by Crippen LogP contribution is -2.35. The SMILES string of the molecule is Cc1nn(C)c(=O)c(C(=O)NC/C=C\c2ccccc2)c1C. The van der Waals surface area contributed by atoms with Gasteiger partial charge in [-0.25, -0.2) is 4.68 Å². The lowest BCUT2D eigenvalue weighted by Gasteiger charge is -2.09. The smallest absolute Gasteiger partial charge is 0.279 e. The average Bonchev–Trinajstić information content (AvgIpc) is 2.51. The fourth-order valence-corrected chi connectivity index (χ4v) is 2.12. The first-order chi connectivity index (χ1) is 10.5.